The Balaban J connectivity index is 1.75. The molecular formula is C14H15N5. The summed E-state index contributed by atoms with van der Waals surface area (Å²) in [4.78, 5) is 0. The van der Waals surface area contributed by atoms with Crippen molar-refractivity contribution in [1.82, 2.24) is 19.6 Å². The summed E-state index contributed by atoms with van der Waals surface area (Å²) in [6.07, 6.45) is 5.83. The molecule has 0 aliphatic rings. The van der Waals surface area contributed by atoms with Gasteiger partial charge in [0, 0.05) is 30.8 Å². The highest BCUT2D eigenvalue weighted by atomic mass is 15.4. The standard InChI is InChI=1S/C14H15N5/c1-18-14(11-16-17-18)10-15-12-5-4-6-13(9-12)19-7-2-3-8-19/h2-9,11,15H,10H2,1H3. The Morgan fingerprint density at radius 2 is 2.00 bits per heavy atom. The number of aryl methyl sites for hydroxylation is 1. The van der Waals surface area contributed by atoms with Gasteiger partial charge in [0.1, 0.15) is 0 Å². The third kappa shape index (κ3) is 2.49. The van der Waals surface area contributed by atoms with Crippen LogP contribution >= 0.6 is 0 Å². The molecule has 0 saturated carbocycles. The highest BCUT2D eigenvalue weighted by molar-refractivity contribution is 5.51. The Morgan fingerprint density at radius 1 is 1.16 bits per heavy atom. The second-order valence-corrected chi connectivity index (χ2v) is 4.34. The third-order valence-electron chi connectivity index (χ3n) is 3.03. The fraction of sp³-hybridized carbons (Fsp3) is 0.143. The van der Waals surface area contributed by atoms with Crippen LogP contribution in [0.1, 0.15) is 5.69 Å². The predicted molar refractivity (Wildman–Crippen MR) is 74.1 cm³/mol. The summed E-state index contributed by atoms with van der Waals surface area (Å²) in [5.74, 6) is 0. The molecule has 2 aromatic heterocycles. The number of nitrogens with one attached hydrogen (secondary N) is 1. The monoisotopic (exact) mass is 253 g/mol. The molecule has 0 saturated heterocycles. The van der Waals surface area contributed by atoms with E-state index < -0.39 is 0 Å². The molecule has 1 N–H and O–H groups in total. The molecule has 5 heteroatoms. The number of anilines is 1. The van der Waals surface area contributed by atoms with Crippen LogP contribution in [0.5, 0.6) is 0 Å². The SMILES string of the molecule is Cn1nncc1CNc1cccc(-n2cccc2)c1. The van der Waals surface area contributed by atoms with Crippen molar-refractivity contribution in [3.05, 3.63) is 60.7 Å². The lowest BCUT2D eigenvalue weighted by molar-refractivity contribution is 0.683. The zero-order valence-corrected chi connectivity index (χ0v) is 10.7. The van der Waals surface area contributed by atoms with E-state index in [0.29, 0.717) is 6.54 Å². The van der Waals surface area contributed by atoms with E-state index >= 15 is 0 Å². The highest BCUT2D eigenvalue weighted by Crippen LogP contribution is 2.15. The van der Waals surface area contributed by atoms with Gasteiger partial charge >= 0.3 is 0 Å². The van der Waals surface area contributed by atoms with E-state index in [1.54, 1.807) is 10.9 Å². The molecule has 0 aliphatic carbocycles. The van der Waals surface area contributed by atoms with Gasteiger partial charge in [-0.15, -0.1) is 5.10 Å². The fourth-order valence-corrected chi connectivity index (χ4v) is 1.95. The predicted octanol–water partition coefficient (Wildman–Crippen LogP) is 2.22. The van der Waals surface area contributed by atoms with Crippen molar-refractivity contribution in [3.63, 3.8) is 0 Å². The van der Waals surface area contributed by atoms with Gasteiger partial charge in [-0.25, -0.2) is 0 Å². The quantitative estimate of drug-likeness (QED) is 0.775. The summed E-state index contributed by atoms with van der Waals surface area (Å²) in [5.41, 5.74) is 3.26. The molecule has 19 heavy (non-hydrogen) atoms. The molecule has 0 radical (unpaired) electrons. The average Bonchev–Trinajstić information content (AvgIpc) is 3.08. The number of hydrogen-bond donors (Lipinski definition) is 1. The van der Waals surface area contributed by atoms with Gasteiger partial charge in [0.05, 0.1) is 18.4 Å². The first-order chi connectivity index (χ1) is 9.33. The molecule has 0 bridgehead atoms. The van der Waals surface area contributed by atoms with Gasteiger partial charge in [-0.05, 0) is 30.3 Å². The van der Waals surface area contributed by atoms with Crippen LogP contribution in [0.25, 0.3) is 5.69 Å². The van der Waals surface area contributed by atoms with Crippen molar-refractivity contribution >= 4 is 5.69 Å². The largest absolute Gasteiger partial charge is 0.379 e. The van der Waals surface area contributed by atoms with Crippen LogP contribution in [-0.4, -0.2) is 19.6 Å². The molecule has 0 fully saturated rings. The van der Waals surface area contributed by atoms with E-state index in [1.807, 2.05) is 37.6 Å². The number of hydrogen-bond acceptors (Lipinski definition) is 3. The minimum absolute atomic E-state index is 0.707. The first kappa shape index (κ1) is 11.5. The van der Waals surface area contributed by atoms with Gasteiger partial charge in [-0.1, -0.05) is 11.3 Å². The number of rotatable bonds is 4. The second-order valence-electron chi connectivity index (χ2n) is 4.34. The molecule has 3 aromatic rings. The molecule has 0 aliphatic heterocycles. The van der Waals surface area contributed by atoms with Crippen molar-refractivity contribution < 1.29 is 0 Å². The van der Waals surface area contributed by atoms with Crippen molar-refractivity contribution in [1.29, 1.82) is 0 Å². The van der Waals surface area contributed by atoms with Crippen LogP contribution in [0.3, 0.4) is 0 Å². The van der Waals surface area contributed by atoms with Crippen LogP contribution < -0.4 is 5.32 Å². The molecule has 0 atom stereocenters. The average molecular weight is 253 g/mol. The van der Waals surface area contributed by atoms with Crippen molar-refractivity contribution in [2.45, 2.75) is 6.54 Å². The molecular weight excluding hydrogens is 238 g/mol. The third-order valence-corrected chi connectivity index (χ3v) is 3.03. The maximum absolute atomic E-state index is 3.91. The lowest BCUT2D eigenvalue weighted by Gasteiger charge is -2.09. The summed E-state index contributed by atoms with van der Waals surface area (Å²) in [5, 5.41) is 11.1. The smallest absolute Gasteiger partial charge is 0.0774 e. The van der Waals surface area contributed by atoms with E-state index in [1.165, 1.54) is 0 Å². The van der Waals surface area contributed by atoms with Crippen LogP contribution in [0.4, 0.5) is 5.69 Å². The van der Waals surface area contributed by atoms with Gasteiger partial charge in [0.25, 0.3) is 0 Å². The summed E-state index contributed by atoms with van der Waals surface area (Å²) in [6, 6.07) is 12.3. The zero-order chi connectivity index (χ0) is 13.1. The summed E-state index contributed by atoms with van der Waals surface area (Å²) < 4.78 is 3.85. The van der Waals surface area contributed by atoms with Crippen LogP contribution in [0.15, 0.2) is 55.0 Å². The molecule has 5 nitrogen and oxygen atoms in total. The molecule has 1 aromatic carbocycles. The van der Waals surface area contributed by atoms with E-state index in [9.17, 15) is 0 Å². The Kier molecular flexibility index (Phi) is 3.02. The van der Waals surface area contributed by atoms with Gasteiger partial charge in [0.2, 0.25) is 0 Å². The topological polar surface area (TPSA) is 47.7 Å². The summed E-state index contributed by atoms with van der Waals surface area (Å²) >= 11 is 0. The minimum atomic E-state index is 0.707. The van der Waals surface area contributed by atoms with Crippen LogP contribution in [0, 0.1) is 0 Å². The Bertz CT molecular complexity index is 654. The lowest BCUT2D eigenvalue weighted by Crippen LogP contribution is -2.05. The van der Waals surface area contributed by atoms with E-state index in [4.69, 9.17) is 0 Å². The Labute approximate surface area is 111 Å². The van der Waals surface area contributed by atoms with Crippen molar-refractivity contribution in [2.24, 2.45) is 7.05 Å². The molecule has 0 unspecified atom stereocenters. The zero-order valence-electron chi connectivity index (χ0n) is 10.7. The summed E-state index contributed by atoms with van der Waals surface area (Å²) in [6.45, 7) is 0.707. The number of nitrogens with zero attached hydrogens (tertiary/aromatic N) is 4. The molecule has 2 heterocycles. The van der Waals surface area contributed by atoms with Gasteiger partial charge in [-0.2, -0.15) is 0 Å². The molecule has 96 valence electrons. The van der Waals surface area contributed by atoms with E-state index in [2.05, 4.69) is 38.4 Å². The summed E-state index contributed by atoms with van der Waals surface area (Å²) in [7, 11) is 1.89. The first-order valence-electron chi connectivity index (χ1n) is 6.14. The van der Waals surface area contributed by atoms with Crippen molar-refractivity contribution in [2.75, 3.05) is 5.32 Å². The van der Waals surface area contributed by atoms with E-state index in [-0.39, 0.29) is 0 Å². The van der Waals surface area contributed by atoms with Gasteiger partial charge < -0.3 is 9.88 Å². The highest BCUT2D eigenvalue weighted by Gasteiger charge is 2.01. The Hall–Kier alpha value is -2.56. The lowest BCUT2D eigenvalue weighted by atomic mass is 10.2. The maximum Gasteiger partial charge on any atom is 0.0774 e. The second kappa shape index (κ2) is 4.97. The maximum atomic E-state index is 3.91. The number of benzene rings is 1. The molecule has 3 rings (SSSR count). The first-order valence-corrected chi connectivity index (χ1v) is 6.14. The van der Waals surface area contributed by atoms with E-state index in [0.717, 1.165) is 17.1 Å². The van der Waals surface area contributed by atoms with Crippen LogP contribution in [-0.2, 0) is 13.6 Å². The fourth-order valence-electron chi connectivity index (χ4n) is 1.95. The molecule has 0 amide bonds. The normalized spacial score (nSPS) is 10.6. The minimum Gasteiger partial charge on any atom is -0.379 e. The van der Waals surface area contributed by atoms with Crippen LogP contribution in [0.2, 0.25) is 0 Å². The van der Waals surface area contributed by atoms with Gasteiger partial charge in [-0.3, -0.25) is 4.68 Å². The Morgan fingerprint density at radius 3 is 2.74 bits per heavy atom. The number of aromatic nitrogens is 4. The van der Waals surface area contributed by atoms with Gasteiger partial charge in [0.15, 0.2) is 0 Å². The van der Waals surface area contributed by atoms with Crippen molar-refractivity contribution in [3.8, 4) is 5.69 Å². The molecule has 0 spiro atoms.